The van der Waals surface area contributed by atoms with E-state index in [1.807, 2.05) is 25.7 Å². The summed E-state index contributed by atoms with van der Waals surface area (Å²) in [6, 6.07) is 0.146. The first-order valence-electron chi connectivity index (χ1n) is 6.63. The quantitative estimate of drug-likeness (QED) is 0.811. The van der Waals surface area contributed by atoms with Crippen LogP contribution in [0.25, 0.3) is 0 Å². The van der Waals surface area contributed by atoms with Crippen LogP contribution < -0.4 is 5.32 Å². The monoisotopic (exact) mass is 256 g/mol. The van der Waals surface area contributed by atoms with Gasteiger partial charge in [0.1, 0.15) is 11.2 Å². The van der Waals surface area contributed by atoms with Gasteiger partial charge in [-0.15, -0.1) is 0 Å². The van der Waals surface area contributed by atoms with E-state index in [2.05, 4.69) is 5.32 Å². The fourth-order valence-corrected chi connectivity index (χ4v) is 2.76. The van der Waals surface area contributed by atoms with Crippen molar-refractivity contribution < 1.29 is 14.3 Å². The maximum absolute atomic E-state index is 12.1. The van der Waals surface area contributed by atoms with Crippen LogP contribution in [-0.2, 0) is 9.47 Å². The van der Waals surface area contributed by atoms with Gasteiger partial charge in [0, 0.05) is 20.2 Å². The van der Waals surface area contributed by atoms with Crippen LogP contribution in [0.2, 0.25) is 0 Å². The zero-order chi connectivity index (χ0) is 13.4. The minimum atomic E-state index is -0.439. The predicted octanol–water partition coefficient (Wildman–Crippen LogP) is 1.37. The van der Waals surface area contributed by atoms with Gasteiger partial charge >= 0.3 is 6.09 Å². The number of hydrogen-bond acceptors (Lipinski definition) is 4. The molecule has 104 valence electrons. The lowest BCUT2D eigenvalue weighted by molar-refractivity contribution is -0.104. The Labute approximate surface area is 109 Å². The van der Waals surface area contributed by atoms with Gasteiger partial charge in [-0.3, -0.25) is 0 Å². The summed E-state index contributed by atoms with van der Waals surface area (Å²) in [4.78, 5) is 13.9. The van der Waals surface area contributed by atoms with Gasteiger partial charge in [0.2, 0.25) is 0 Å². The number of amides is 1. The average molecular weight is 256 g/mol. The zero-order valence-electron chi connectivity index (χ0n) is 11.8. The van der Waals surface area contributed by atoms with Crippen molar-refractivity contribution in [2.24, 2.45) is 0 Å². The lowest BCUT2D eigenvalue weighted by Gasteiger charge is -2.49. The molecule has 2 heterocycles. The number of likely N-dealkylation sites (tertiary alicyclic amines) is 1. The van der Waals surface area contributed by atoms with E-state index in [4.69, 9.17) is 9.47 Å². The number of carbonyl (C=O) groups is 1. The van der Waals surface area contributed by atoms with E-state index in [-0.39, 0.29) is 17.7 Å². The van der Waals surface area contributed by atoms with E-state index in [0.717, 1.165) is 32.5 Å². The van der Waals surface area contributed by atoms with Crippen LogP contribution in [0.3, 0.4) is 0 Å². The Morgan fingerprint density at radius 3 is 2.56 bits per heavy atom. The van der Waals surface area contributed by atoms with Gasteiger partial charge in [-0.25, -0.2) is 4.79 Å². The third-order valence-corrected chi connectivity index (χ3v) is 3.81. The maximum atomic E-state index is 12.1. The molecule has 0 aromatic carbocycles. The van der Waals surface area contributed by atoms with Crippen LogP contribution in [0.4, 0.5) is 4.79 Å². The molecular weight excluding hydrogens is 232 g/mol. The van der Waals surface area contributed by atoms with Crippen molar-refractivity contribution in [1.29, 1.82) is 0 Å². The number of methoxy groups -OCH3 is 1. The van der Waals surface area contributed by atoms with Gasteiger partial charge in [-0.05, 0) is 40.2 Å². The number of nitrogens with zero attached hydrogens (tertiary/aromatic N) is 1. The summed E-state index contributed by atoms with van der Waals surface area (Å²) in [5, 5.41) is 3.32. The smallest absolute Gasteiger partial charge is 0.410 e. The van der Waals surface area contributed by atoms with E-state index in [1.165, 1.54) is 0 Å². The lowest BCUT2D eigenvalue weighted by atomic mass is 9.84. The second-order valence-corrected chi connectivity index (χ2v) is 6.17. The molecule has 0 bridgehead atoms. The van der Waals surface area contributed by atoms with Crippen molar-refractivity contribution in [1.82, 2.24) is 10.2 Å². The molecule has 2 rings (SSSR count). The first-order chi connectivity index (χ1) is 8.38. The molecule has 5 nitrogen and oxygen atoms in total. The fourth-order valence-electron chi connectivity index (χ4n) is 2.76. The molecular formula is C13H24N2O3. The Kier molecular flexibility index (Phi) is 3.56. The molecule has 0 unspecified atom stereocenters. The van der Waals surface area contributed by atoms with E-state index >= 15 is 0 Å². The number of ether oxygens (including phenoxy) is 2. The minimum absolute atomic E-state index is 0.146. The third-order valence-electron chi connectivity index (χ3n) is 3.81. The second-order valence-electron chi connectivity index (χ2n) is 6.17. The zero-order valence-corrected chi connectivity index (χ0v) is 11.8. The molecule has 2 atom stereocenters. The highest BCUT2D eigenvalue weighted by molar-refractivity contribution is 5.70. The Morgan fingerprint density at radius 1 is 1.44 bits per heavy atom. The summed E-state index contributed by atoms with van der Waals surface area (Å²) in [5.74, 6) is 0. The number of nitrogens with one attached hydrogen (secondary N) is 1. The van der Waals surface area contributed by atoms with Crippen molar-refractivity contribution in [3.8, 4) is 0 Å². The predicted molar refractivity (Wildman–Crippen MR) is 68.6 cm³/mol. The minimum Gasteiger partial charge on any atom is -0.444 e. The van der Waals surface area contributed by atoms with E-state index < -0.39 is 5.60 Å². The Bertz CT molecular complexity index is 319. The van der Waals surface area contributed by atoms with Crippen molar-refractivity contribution in [2.75, 3.05) is 26.7 Å². The van der Waals surface area contributed by atoms with Gasteiger partial charge in [-0.2, -0.15) is 0 Å². The molecule has 1 amide bonds. The molecule has 18 heavy (non-hydrogen) atoms. The van der Waals surface area contributed by atoms with Crippen molar-refractivity contribution in [3.05, 3.63) is 0 Å². The van der Waals surface area contributed by atoms with Crippen LogP contribution in [0.1, 0.15) is 33.6 Å². The molecule has 2 fully saturated rings. The second kappa shape index (κ2) is 4.70. The van der Waals surface area contributed by atoms with Crippen molar-refractivity contribution in [3.63, 3.8) is 0 Å². The molecule has 2 aliphatic rings. The van der Waals surface area contributed by atoms with E-state index in [9.17, 15) is 4.79 Å². The molecule has 0 aromatic rings. The van der Waals surface area contributed by atoms with Crippen LogP contribution in [0.5, 0.6) is 0 Å². The molecule has 0 aliphatic carbocycles. The van der Waals surface area contributed by atoms with Gasteiger partial charge in [-0.1, -0.05) is 0 Å². The fraction of sp³-hybridized carbons (Fsp3) is 0.923. The molecule has 1 N–H and O–H groups in total. The highest BCUT2D eigenvalue weighted by Crippen LogP contribution is 2.35. The van der Waals surface area contributed by atoms with E-state index in [0.29, 0.717) is 0 Å². The third kappa shape index (κ3) is 2.47. The lowest BCUT2D eigenvalue weighted by Crippen LogP contribution is -2.64. The number of rotatable bonds is 2. The van der Waals surface area contributed by atoms with E-state index in [1.54, 1.807) is 7.11 Å². The normalized spacial score (nSPS) is 32.2. The van der Waals surface area contributed by atoms with Crippen molar-refractivity contribution >= 4 is 6.09 Å². The highest BCUT2D eigenvalue weighted by atomic mass is 16.6. The van der Waals surface area contributed by atoms with Crippen LogP contribution in [0.15, 0.2) is 0 Å². The standard InChI is InChI=1S/C13H24N2O3/c1-12(2,3)18-11(16)15-8-5-10(15)13(17-4)6-7-14-9-13/h10,14H,5-9H2,1-4H3/t10-,13-/m0/s1. The molecule has 2 saturated heterocycles. The summed E-state index contributed by atoms with van der Waals surface area (Å²) in [6.45, 7) is 8.21. The molecule has 2 aliphatic heterocycles. The summed E-state index contributed by atoms with van der Waals surface area (Å²) in [7, 11) is 1.73. The molecule has 0 radical (unpaired) electrons. The molecule has 0 aromatic heterocycles. The highest BCUT2D eigenvalue weighted by Gasteiger charge is 2.51. The Hall–Kier alpha value is -0.810. The Balaban J connectivity index is 2.01. The largest absolute Gasteiger partial charge is 0.444 e. The topological polar surface area (TPSA) is 50.8 Å². The van der Waals surface area contributed by atoms with Crippen LogP contribution in [0, 0.1) is 0 Å². The molecule has 5 heteroatoms. The Morgan fingerprint density at radius 2 is 2.17 bits per heavy atom. The van der Waals surface area contributed by atoms with Gasteiger partial charge < -0.3 is 19.7 Å². The van der Waals surface area contributed by atoms with Crippen LogP contribution >= 0.6 is 0 Å². The average Bonchev–Trinajstić information content (AvgIpc) is 2.62. The summed E-state index contributed by atoms with van der Waals surface area (Å²) in [6.07, 6.45) is 1.73. The summed E-state index contributed by atoms with van der Waals surface area (Å²) >= 11 is 0. The number of hydrogen-bond donors (Lipinski definition) is 1. The summed E-state index contributed by atoms with van der Waals surface area (Å²) < 4.78 is 11.1. The SMILES string of the molecule is CO[C@@]1([C@@H]2CCN2C(=O)OC(C)(C)C)CCNC1. The molecule has 0 spiro atoms. The maximum Gasteiger partial charge on any atom is 0.410 e. The first-order valence-corrected chi connectivity index (χ1v) is 6.63. The number of carbonyl (C=O) groups excluding carboxylic acids is 1. The molecule has 0 saturated carbocycles. The van der Waals surface area contributed by atoms with Crippen molar-refractivity contribution in [2.45, 2.75) is 50.9 Å². The summed E-state index contributed by atoms with van der Waals surface area (Å²) in [5.41, 5.74) is -0.666. The van der Waals surface area contributed by atoms with Gasteiger partial charge in [0.05, 0.1) is 6.04 Å². The van der Waals surface area contributed by atoms with Gasteiger partial charge in [0.25, 0.3) is 0 Å². The van der Waals surface area contributed by atoms with Crippen LogP contribution in [-0.4, -0.2) is 55.0 Å². The first kappa shape index (κ1) is 13.6. The van der Waals surface area contributed by atoms with Gasteiger partial charge in [0.15, 0.2) is 0 Å².